The summed E-state index contributed by atoms with van der Waals surface area (Å²) in [4.78, 5) is 0. The Morgan fingerprint density at radius 2 is 2.23 bits per heavy atom. The molecule has 2 heteroatoms. The van der Waals surface area contributed by atoms with Crippen molar-refractivity contribution in [3.8, 4) is 0 Å². The van der Waals surface area contributed by atoms with Crippen molar-refractivity contribution in [2.24, 2.45) is 0 Å². The summed E-state index contributed by atoms with van der Waals surface area (Å²) in [6.07, 6.45) is 7.25. The van der Waals surface area contributed by atoms with E-state index in [4.69, 9.17) is 0 Å². The smallest absolute Gasteiger partial charge is 0.0693 e. The van der Waals surface area contributed by atoms with Crippen molar-refractivity contribution in [3.05, 3.63) is 12.7 Å². The minimum absolute atomic E-state index is 0.138. The third-order valence-electron chi connectivity index (χ3n) is 2.75. The van der Waals surface area contributed by atoms with Crippen molar-refractivity contribution in [3.63, 3.8) is 0 Å². The summed E-state index contributed by atoms with van der Waals surface area (Å²) >= 11 is 0. The highest BCUT2D eigenvalue weighted by atomic mass is 16.3. The first kappa shape index (κ1) is 10.7. The molecule has 0 saturated heterocycles. The molecule has 0 bridgehead atoms. The van der Waals surface area contributed by atoms with Crippen LogP contribution in [0.15, 0.2) is 12.7 Å². The van der Waals surface area contributed by atoms with E-state index in [0.29, 0.717) is 12.1 Å². The summed E-state index contributed by atoms with van der Waals surface area (Å²) < 4.78 is 0. The van der Waals surface area contributed by atoms with Crippen molar-refractivity contribution in [1.29, 1.82) is 0 Å². The van der Waals surface area contributed by atoms with Gasteiger partial charge in [-0.3, -0.25) is 0 Å². The summed E-state index contributed by atoms with van der Waals surface area (Å²) in [6, 6.07) is 0.749. The fraction of sp³-hybridized carbons (Fsp3) is 0.818. The molecular formula is C11H21NO. The Hall–Kier alpha value is -0.340. The third-order valence-corrected chi connectivity index (χ3v) is 2.75. The summed E-state index contributed by atoms with van der Waals surface area (Å²) in [5.41, 5.74) is 0. The maximum absolute atomic E-state index is 9.70. The van der Waals surface area contributed by atoms with Gasteiger partial charge in [-0.2, -0.15) is 0 Å². The number of hydrogen-bond donors (Lipinski definition) is 2. The first-order valence-corrected chi connectivity index (χ1v) is 5.29. The minimum Gasteiger partial charge on any atom is -0.392 e. The van der Waals surface area contributed by atoms with E-state index in [1.54, 1.807) is 0 Å². The Kier molecular flexibility index (Phi) is 4.46. The third kappa shape index (κ3) is 3.49. The van der Waals surface area contributed by atoms with E-state index >= 15 is 0 Å². The zero-order valence-corrected chi connectivity index (χ0v) is 8.50. The monoisotopic (exact) mass is 183 g/mol. The molecule has 1 saturated carbocycles. The second kappa shape index (κ2) is 5.40. The number of aliphatic hydroxyl groups excluding tert-OH is 1. The Labute approximate surface area is 81.0 Å². The lowest BCUT2D eigenvalue weighted by Gasteiger charge is -2.30. The maximum Gasteiger partial charge on any atom is 0.0693 e. The van der Waals surface area contributed by atoms with Crippen molar-refractivity contribution >= 4 is 0 Å². The van der Waals surface area contributed by atoms with Crippen LogP contribution in [0.2, 0.25) is 0 Å². The van der Waals surface area contributed by atoms with Crippen LogP contribution in [-0.2, 0) is 0 Å². The van der Waals surface area contributed by atoms with E-state index in [1.807, 2.05) is 6.08 Å². The van der Waals surface area contributed by atoms with Crippen LogP contribution in [0.25, 0.3) is 0 Å². The zero-order chi connectivity index (χ0) is 9.68. The molecular weight excluding hydrogens is 162 g/mol. The average Bonchev–Trinajstić information content (AvgIpc) is 2.09. The highest BCUT2D eigenvalue weighted by Gasteiger charge is 2.23. The zero-order valence-electron chi connectivity index (χ0n) is 8.50. The topological polar surface area (TPSA) is 32.3 Å². The average molecular weight is 183 g/mol. The molecule has 0 radical (unpaired) electrons. The quantitative estimate of drug-likeness (QED) is 0.652. The lowest BCUT2D eigenvalue weighted by atomic mass is 9.92. The highest BCUT2D eigenvalue weighted by molar-refractivity contribution is 4.84. The van der Waals surface area contributed by atoms with Gasteiger partial charge < -0.3 is 10.4 Å². The summed E-state index contributed by atoms with van der Waals surface area (Å²) in [5.74, 6) is 0. The van der Waals surface area contributed by atoms with Gasteiger partial charge in [-0.1, -0.05) is 18.9 Å². The number of nitrogens with one attached hydrogen (secondary N) is 1. The van der Waals surface area contributed by atoms with Gasteiger partial charge in [0, 0.05) is 12.1 Å². The van der Waals surface area contributed by atoms with Crippen LogP contribution in [0.4, 0.5) is 0 Å². The molecule has 0 amide bonds. The number of hydrogen-bond acceptors (Lipinski definition) is 2. The molecule has 0 spiro atoms. The molecule has 0 heterocycles. The van der Waals surface area contributed by atoms with Crippen LogP contribution in [0.1, 0.15) is 39.0 Å². The van der Waals surface area contributed by atoms with E-state index in [2.05, 4.69) is 18.8 Å². The predicted octanol–water partition coefficient (Wildman–Crippen LogP) is 1.84. The van der Waals surface area contributed by atoms with Crippen LogP contribution >= 0.6 is 0 Å². The molecule has 2 nitrogen and oxygen atoms in total. The van der Waals surface area contributed by atoms with E-state index in [-0.39, 0.29) is 6.10 Å². The number of rotatable bonds is 4. The van der Waals surface area contributed by atoms with Gasteiger partial charge in [0.25, 0.3) is 0 Å². The molecule has 1 aliphatic carbocycles. The van der Waals surface area contributed by atoms with Crippen molar-refractivity contribution in [2.75, 3.05) is 0 Å². The van der Waals surface area contributed by atoms with Crippen molar-refractivity contribution < 1.29 is 5.11 Å². The largest absolute Gasteiger partial charge is 0.392 e. The van der Waals surface area contributed by atoms with E-state index < -0.39 is 0 Å². The molecule has 1 aliphatic rings. The molecule has 3 atom stereocenters. The van der Waals surface area contributed by atoms with E-state index in [9.17, 15) is 5.11 Å². The van der Waals surface area contributed by atoms with Gasteiger partial charge >= 0.3 is 0 Å². The molecule has 1 fully saturated rings. The minimum atomic E-state index is -0.138. The lowest BCUT2D eigenvalue weighted by Crippen LogP contribution is -2.45. The van der Waals surface area contributed by atoms with Gasteiger partial charge in [-0.15, -0.1) is 6.58 Å². The summed E-state index contributed by atoms with van der Waals surface area (Å²) in [5, 5.41) is 13.1. The second-order valence-electron chi connectivity index (χ2n) is 4.05. The van der Waals surface area contributed by atoms with Crippen LogP contribution in [0.5, 0.6) is 0 Å². The summed E-state index contributed by atoms with van der Waals surface area (Å²) in [6.45, 7) is 5.85. The fourth-order valence-electron chi connectivity index (χ4n) is 1.99. The standard InChI is InChI=1S/C11H21NO/c1-3-6-9(2)12-10-7-4-5-8-11(10)13/h3,9-13H,1,4-8H2,2H3/t9?,10-,11-/m1/s1. The van der Waals surface area contributed by atoms with Crippen molar-refractivity contribution in [1.82, 2.24) is 5.32 Å². The number of aliphatic hydroxyl groups is 1. The van der Waals surface area contributed by atoms with Crippen molar-refractivity contribution in [2.45, 2.75) is 57.2 Å². The van der Waals surface area contributed by atoms with E-state index in [0.717, 1.165) is 19.3 Å². The first-order chi connectivity index (χ1) is 6.24. The van der Waals surface area contributed by atoms with Gasteiger partial charge in [0.1, 0.15) is 0 Å². The molecule has 0 aliphatic heterocycles. The Morgan fingerprint density at radius 1 is 1.54 bits per heavy atom. The molecule has 0 aromatic rings. The predicted molar refractivity (Wildman–Crippen MR) is 55.7 cm³/mol. The molecule has 76 valence electrons. The molecule has 2 N–H and O–H groups in total. The molecule has 0 aromatic heterocycles. The SMILES string of the molecule is C=CCC(C)N[C@@H]1CCCC[C@H]1O. The van der Waals surface area contributed by atoms with Gasteiger partial charge in [0.15, 0.2) is 0 Å². The fourth-order valence-corrected chi connectivity index (χ4v) is 1.99. The molecule has 13 heavy (non-hydrogen) atoms. The van der Waals surface area contributed by atoms with Crippen LogP contribution in [0, 0.1) is 0 Å². The highest BCUT2D eigenvalue weighted by Crippen LogP contribution is 2.18. The lowest BCUT2D eigenvalue weighted by molar-refractivity contribution is 0.0861. The Bertz CT molecular complexity index is 158. The van der Waals surface area contributed by atoms with Gasteiger partial charge in [-0.25, -0.2) is 0 Å². The maximum atomic E-state index is 9.70. The molecule has 1 rings (SSSR count). The molecule has 0 aromatic carbocycles. The van der Waals surface area contributed by atoms with Gasteiger partial charge in [0.05, 0.1) is 6.10 Å². The second-order valence-corrected chi connectivity index (χ2v) is 4.05. The summed E-state index contributed by atoms with van der Waals surface area (Å²) in [7, 11) is 0. The Balaban J connectivity index is 2.28. The Morgan fingerprint density at radius 3 is 2.85 bits per heavy atom. The molecule has 1 unspecified atom stereocenters. The van der Waals surface area contributed by atoms with Crippen LogP contribution in [0.3, 0.4) is 0 Å². The van der Waals surface area contributed by atoms with Gasteiger partial charge in [-0.05, 0) is 26.2 Å². The van der Waals surface area contributed by atoms with Crippen LogP contribution in [-0.4, -0.2) is 23.3 Å². The van der Waals surface area contributed by atoms with Crippen LogP contribution < -0.4 is 5.32 Å². The first-order valence-electron chi connectivity index (χ1n) is 5.29. The van der Waals surface area contributed by atoms with E-state index in [1.165, 1.54) is 12.8 Å². The van der Waals surface area contributed by atoms with Gasteiger partial charge in [0.2, 0.25) is 0 Å². The normalized spacial score (nSPS) is 31.2.